The topological polar surface area (TPSA) is 228 Å². The molecule has 9 N–H and O–H groups in total. The predicted molar refractivity (Wildman–Crippen MR) is 402 cm³/mol. The number of nitrogens with one attached hydrogen (secondary N) is 1. The highest BCUT2D eigenvalue weighted by atomic mass is 16.7. The van der Waals surface area contributed by atoms with Crippen molar-refractivity contribution in [2.24, 2.45) is 0 Å². The number of hydrogen-bond donors (Lipinski definition) is 9. The van der Waals surface area contributed by atoms with E-state index in [0.717, 1.165) is 51.4 Å². The number of amides is 1. The van der Waals surface area contributed by atoms with Crippen LogP contribution in [0.3, 0.4) is 0 Å². The molecule has 0 aromatic carbocycles. The Morgan fingerprint density at radius 3 is 0.876 bits per heavy atom. The van der Waals surface area contributed by atoms with Crippen molar-refractivity contribution in [3.05, 3.63) is 0 Å². The Kier molecular flexibility index (Phi) is 64.7. The molecule has 1 amide bonds. The number of ether oxygens (including phenoxy) is 4. The average molecular weight is 1380 g/mol. The molecular weight excluding hydrogens is 1220 g/mol. The maximum Gasteiger partial charge on any atom is 0.220 e. The zero-order chi connectivity index (χ0) is 70.1. The predicted octanol–water partition coefficient (Wildman–Crippen LogP) is 19.9. The van der Waals surface area contributed by atoms with Gasteiger partial charge in [0.1, 0.15) is 48.8 Å². The van der Waals surface area contributed by atoms with Crippen molar-refractivity contribution in [2.45, 2.75) is 505 Å². The molecule has 12 unspecified atom stereocenters. The first kappa shape index (κ1) is 92.1. The number of aliphatic hydroxyl groups is 8. The fourth-order valence-electron chi connectivity index (χ4n) is 14.8. The summed E-state index contributed by atoms with van der Waals surface area (Å²) in [5.41, 5.74) is 0. The van der Waals surface area contributed by atoms with Crippen molar-refractivity contribution in [3.8, 4) is 0 Å². The Balaban J connectivity index is 1.57. The highest BCUT2D eigenvalue weighted by Gasteiger charge is 2.51. The van der Waals surface area contributed by atoms with E-state index in [4.69, 9.17) is 18.9 Å². The molecule has 2 heterocycles. The van der Waals surface area contributed by atoms with Crippen molar-refractivity contribution in [2.75, 3.05) is 19.8 Å². The van der Waals surface area contributed by atoms with Gasteiger partial charge >= 0.3 is 0 Å². The Labute approximate surface area is 597 Å². The number of carbonyl (C=O) groups is 1. The smallest absolute Gasteiger partial charge is 0.220 e. The van der Waals surface area contributed by atoms with Gasteiger partial charge in [0.05, 0.1) is 32.0 Å². The zero-order valence-electron chi connectivity index (χ0n) is 63.6. The van der Waals surface area contributed by atoms with Gasteiger partial charge in [-0.2, -0.15) is 0 Å². The van der Waals surface area contributed by atoms with Crippen molar-refractivity contribution < 1.29 is 64.6 Å². The zero-order valence-corrected chi connectivity index (χ0v) is 63.6. The minimum atomic E-state index is -1.78. The van der Waals surface area contributed by atoms with Crippen LogP contribution in [0.25, 0.3) is 0 Å². The highest BCUT2D eigenvalue weighted by molar-refractivity contribution is 5.76. The molecule has 0 aromatic heterocycles. The first-order chi connectivity index (χ1) is 47.6. The van der Waals surface area contributed by atoms with Crippen LogP contribution in [0, 0.1) is 0 Å². The monoisotopic (exact) mass is 1380 g/mol. The molecule has 0 bridgehead atoms. The van der Waals surface area contributed by atoms with Crippen LogP contribution in [-0.2, 0) is 23.7 Å². The van der Waals surface area contributed by atoms with Crippen molar-refractivity contribution in [1.82, 2.24) is 5.32 Å². The van der Waals surface area contributed by atoms with Gasteiger partial charge in [0, 0.05) is 6.42 Å². The van der Waals surface area contributed by atoms with Crippen LogP contribution < -0.4 is 5.32 Å². The summed E-state index contributed by atoms with van der Waals surface area (Å²) in [6.45, 7) is 2.96. The SMILES string of the molecule is CCCCCCCCCCCCCCCCCCCCCCCCCCCCCCCCCCCC(O)C(COC1OC(CO)C(OC2OC(CO)C(O)C(O)C2O)C(O)C1O)NC(=O)CCCCCCCCCCCCCCCCCCCCCCCCCCCCCCCC. The fourth-order valence-corrected chi connectivity index (χ4v) is 14.8. The number of aliphatic hydroxyl groups excluding tert-OH is 8. The first-order valence-electron chi connectivity index (χ1n) is 42.8. The molecule has 2 aliphatic rings. The van der Waals surface area contributed by atoms with E-state index in [2.05, 4.69) is 19.2 Å². The molecule has 0 saturated carbocycles. The second kappa shape index (κ2) is 68.1. The summed E-state index contributed by atoms with van der Waals surface area (Å²) in [6, 6.07) is -0.826. The van der Waals surface area contributed by atoms with Crippen molar-refractivity contribution in [3.63, 3.8) is 0 Å². The summed E-state index contributed by atoms with van der Waals surface area (Å²) in [7, 11) is 0. The van der Waals surface area contributed by atoms with Gasteiger partial charge in [-0.3, -0.25) is 4.79 Å². The molecule has 2 fully saturated rings. The Morgan fingerprint density at radius 2 is 0.588 bits per heavy atom. The number of rotatable bonds is 74. The molecule has 14 heteroatoms. The van der Waals surface area contributed by atoms with Gasteiger partial charge in [-0.1, -0.05) is 412 Å². The van der Waals surface area contributed by atoms with Gasteiger partial charge in [-0.05, 0) is 12.8 Å². The second-order valence-electron chi connectivity index (χ2n) is 30.7. The van der Waals surface area contributed by atoms with Crippen molar-refractivity contribution >= 4 is 5.91 Å². The molecule has 2 aliphatic heterocycles. The minimum absolute atomic E-state index is 0.194. The van der Waals surface area contributed by atoms with Crippen LogP contribution >= 0.6 is 0 Å². The van der Waals surface area contributed by atoms with E-state index in [1.54, 1.807) is 0 Å². The van der Waals surface area contributed by atoms with Crippen molar-refractivity contribution in [1.29, 1.82) is 0 Å². The van der Waals surface area contributed by atoms with Crippen LogP contribution in [0.5, 0.6) is 0 Å². The summed E-state index contributed by atoms with van der Waals surface area (Å²) in [5.74, 6) is -0.194. The molecule has 0 spiro atoms. The highest BCUT2D eigenvalue weighted by Crippen LogP contribution is 2.31. The summed E-state index contributed by atoms with van der Waals surface area (Å²) >= 11 is 0. The van der Waals surface area contributed by atoms with Crippen LogP contribution in [0.2, 0.25) is 0 Å². The van der Waals surface area contributed by atoms with Gasteiger partial charge < -0.3 is 65.1 Å². The van der Waals surface area contributed by atoms with E-state index in [-0.39, 0.29) is 12.5 Å². The maximum atomic E-state index is 13.4. The lowest BCUT2D eigenvalue weighted by Gasteiger charge is -2.46. The quantitative estimate of drug-likeness (QED) is 0.0259. The number of hydrogen-bond acceptors (Lipinski definition) is 13. The lowest BCUT2D eigenvalue weighted by atomic mass is 9.97. The molecule has 97 heavy (non-hydrogen) atoms. The average Bonchev–Trinajstić information content (AvgIpc) is 0.794. The Bertz CT molecular complexity index is 1630. The molecular formula is C83H163NO13. The molecule has 578 valence electrons. The van der Waals surface area contributed by atoms with Gasteiger partial charge in [0.15, 0.2) is 12.6 Å². The molecule has 2 saturated heterocycles. The van der Waals surface area contributed by atoms with Crippen LogP contribution in [0.4, 0.5) is 0 Å². The number of carbonyl (C=O) groups excluding carboxylic acids is 1. The fraction of sp³-hybridized carbons (Fsp3) is 0.988. The molecule has 14 nitrogen and oxygen atoms in total. The third-order valence-electron chi connectivity index (χ3n) is 21.6. The van der Waals surface area contributed by atoms with E-state index < -0.39 is 86.8 Å². The largest absolute Gasteiger partial charge is 0.394 e. The minimum Gasteiger partial charge on any atom is -0.394 e. The standard InChI is InChI=1S/C83H163NO13/c1-3-5-7-9-11-13-15-17-19-21-23-25-27-29-31-33-35-36-37-38-40-42-44-46-48-50-52-54-56-58-60-62-64-66-72(87)71(70-94-82-80(93)78(91)81(74(69-86)96-82)97-83-79(92)77(90)76(89)73(68-85)95-83)84-75(88)67-65-63-61-59-57-55-53-51-49-47-45-43-41-39-34-32-30-28-26-24-22-20-18-16-14-12-10-8-6-4-2/h71-74,76-83,85-87,89-93H,3-70H2,1-2H3,(H,84,88). The van der Waals surface area contributed by atoms with Crippen LogP contribution in [0.15, 0.2) is 0 Å². The van der Waals surface area contributed by atoms with Crippen LogP contribution in [0.1, 0.15) is 431 Å². The molecule has 0 aromatic rings. The number of unbranched alkanes of at least 4 members (excludes halogenated alkanes) is 61. The normalized spacial score (nSPS) is 22.0. The van der Waals surface area contributed by atoms with Gasteiger partial charge in [0.2, 0.25) is 5.91 Å². The molecule has 0 radical (unpaired) electrons. The lowest BCUT2D eigenvalue weighted by molar-refractivity contribution is -0.359. The lowest BCUT2D eigenvalue weighted by Crippen LogP contribution is -2.65. The van der Waals surface area contributed by atoms with Gasteiger partial charge in [-0.25, -0.2) is 0 Å². The maximum absolute atomic E-state index is 13.4. The Morgan fingerprint density at radius 1 is 0.330 bits per heavy atom. The summed E-state index contributed by atoms with van der Waals surface area (Å²) in [4.78, 5) is 13.4. The summed E-state index contributed by atoms with van der Waals surface area (Å²) in [6.07, 6.45) is 68.8. The van der Waals surface area contributed by atoms with E-state index >= 15 is 0 Å². The summed E-state index contributed by atoms with van der Waals surface area (Å²) in [5, 5.41) is 88.0. The van der Waals surface area contributed by atoms with E-state index in [1.807, 2.05) is 0 Å². The molecule has 2 rings (SSSR count). The second-order valence-corrected chi connectivity index (χ2v) is 30.7. The first-order valence-corrected chi connectivity index (χ1v) is 42.8. The van der Waals surface area contributed by atoms with Gasteiger partial charge in [-0.15, -0.1) is 0 Å². The van der Waals surface area contributed by atoms with Gasteiger partial charge in [0.25, 0.3) is 0 Å². The van der Waals surface area contributed by atoms with E-state index in [9.17, 15) is 45.6 Å². The van der Waals surface area contributed by atoms with E-state index in [0.29, 0.717) is 12.8 Å². The van der Waals surface area contributed by atoms with E-state index in [1.165, 1.54) is 353 Å². The third-order valence-corrected chi connectivity index (χ3v) is 21.6. The Hall–Kier alpha value is -1.01. The third kappa shape index (κ3) is 50.9. The van der Waals surface area contributed by atoms with Crippen LogP contribution in [-0.4, -0.2) is 140 Å². The molecule has 0 aliphatic carbocycles. The summed E-state index contributed by atoms with van der Waals surface area (Å²) < 4.78 is 23.0. The molecule has 12 atom stereocenters.